The Morgan fingerprint density at radius 1 is 1.08 bits per heavy atom. The van der Waals surface area contributed by atoms with Crippen LogP contribution in [0.25, 0.3) is 6.08 Å². The van der Waals surface area contributed by atoms with E-state index < -0.39 is 17.6 Å². The smallest absolute Gasteiger partial charge is 0.422 e. The van der Waals surface area contributed by atoms with Gasteiger partial charge in [-0.2, -0.15) is 0 Å². The van der Waals surface area contributed by atoms with E-state index in [-0.39, 0.29) is 0 Å². The number of amides is 2. The van der Waals surface area contributed by atoms with Crippen molar-refractivity contribution in [3.8, 4) is 0 Å². The number of benzene rings is 2. The van der Waals surface area contributed by atoms with E-state index >= 15 is 0 Å². The van der Waals surface area contributed by atoms with Crippen molar-refractivity contribution in [2.45, 2.75) is 19.4 Å². The standard InChI is InChI=1S/C19H16ClNO3/c1-19(2)16(12-14-10-6-7-11-15(14)20)21(18(23)24-19)17(22)13-8-4-3-5-9-13/h3-12H,1-2H3/b16-12-. The largest absolute Gasteiger partial charge is 0.436 e. The monoisotopic (exact) mass is 341 g/mol. The van der Waals surface area contributed by atoms with Gasteiger partial charge in [-0.1, -0.05) is 48.0 Å². The number of halogens is 1. The van der Waals surface area contributed by atoms with E-state index in [1.165, 1.54) is 0 Å². The molecule has 0 atom stereocenters. The molecule has 4 nitrogen and oxygen atoms in total. The molecule has 0 aromatic heterocycles. The van der Waals surface area contributed by atoms with E-state index in [0.29, 0.717) is 21.8 Å². The molecule has 24 heavy (non-hydrogen) atoms. The van der Waals surface area contributed by atoms with Crippen molar-refractivity contribution in [3.05, 3.63) is 76.4 Å². The number of nitrogens with zero attached hydrogens (tertiary/aromatic N) is 1. The van der Waals surface area contributed by atoms with Gasteiger partial charge in [-0.05, 0) is 43.7 Å². The minimum absolute atomic E-state index is 0.414. The number of hydrogen-bond acceptors (Lipinski definition) is 3. The van der Waals surface area contributed by atoms with Gasteiger partial charge < -0.3 is 4.74 Å². The minimum Gasteiger partial charge on any atom is -0.436 e. The summed E-state index contributed by atoms with van der Waals surface area (Å²) in [5, 5.41) is 0.534. The second kappa shape index (κ2) is 6.13. The Balaban J connectivity index is 2.08. The fraction of sp³-hybridized carbons (Fsp3) is 0.158. The maximum absolute atomic E-state index is 12.8. The van der Waals surface area contributed by atoms with Crippen molar-refractivity contribution in [1.29, 1.82) is 0 Å². The van der Waals surface area contributed by atoms with Crippen LogP contribution in [0.4, 0.5) is 4.79 Å². The van der Waals surface area contributed by atoms with Crippen LogP contribution >= 0.6 is 11.6 Å². The molecule has 3 rings (SSSR count). The van der Waals surface area contributed by atoms with Gasteiger partial charge in [0, 0.05) is 10.6 Å². The van der Waals surface area contributed by atoms with Gasteiger partial charge in [0.15, 0.2) is 0 Å². The molecule has 2 amide bonds. The predicted octanol–water partition coefficient (Wildman–Crippen LogP) is 4.75. The molecule has 0 unspecified atom stereocenters. The van der Waals surface area contributed by atoms with Crippen molar-refractivity contribution in [2.24, 2.45) is 0 Å². The average Bonchev–Trinajstić information content (AvgIpc) is 2.78. The summed E-state index contributed by atoms with van der Waals surface area (Å²) in [5.41, 5.74) is 0.652. The summed E-state index contributed by atoms with van der Waals surface area (Å²) in [4.78, 5) is 26.1. The summed E-state index contributed by atoms with van der Waals surface area (Å²) in [6.45, 7) is 3.48. The lowest BCUT2D eigenvalue weighted by atomic mass is 10.0. The van der Waals surface area contributed by atoms with Gasteiger partial charge in [-0.3, -0.25) is 4.79 Å². The van der Waals surface area contributed by atoms with Crippen molar-refractivity contribution < 1.29 is 14.3 Å². The van der Waals surface area contributed by atoms with Crippen LogP contribution in [-0.4, -0.2) is 22.5 Å². The number of carbonyl (C=O) groups is 2. The van der Waals surface area contributed by atoms with Crippen molar-refractivity contribution in [3.63, 3.8) is 0 Å². The van der Waals surface area contributed by atoms with E-state index in [9.17, 15) is 9.59 Å². The minimum atomic E-state index is -0.930. The first kappa shape index (κ1) is 16.3. The van der Waals surface area contributed by atoms with Crippen LogP contribution in [0.15, 0.2) is 60.3 Å². The number of hydrogen-bond donors (Lipinski definition) is 0. The van der Waals surface area contributed by atoms with Crippen LogP contribution < -0.4 is 0 Å². The Morgan fingerprint density at radius 2 is 1.71 bits per heavy atom. The second-order valence-corrected chi connectivity index (χ2v) is 6.34. The summed E-state index contributed by atoms with van der Waals surface area (Å²) in [5.74, 6) is -0.426. The Kier molecular flexibility index (Phi) is 4.16. The number of imide groups is 1. The van der Waals surface area contributed by atoms with Gasteiger partial charge in [-0.15, -0.1) is 0 Å². The lowest BCUT2D eigenvalue weighted by Crippen LogP contribution is -2.32. The normalized spacial score (nSPS) is 17.9. The molecule has 5 heteroatoms. The Bertz CT molecular complexity index is 828. The topological polar surface area (TPSA) is 46.6 Å². The fourth-order valence-electron chi connectivity index (χ4n) is 2.56. The molecule has 122 valence electrons. The third-order valence-corrected chi connectivity index (χ3v) is 4.15. The molecule has 1 heterocycles. The van der Waals surface area contributed by atoms with Crippen LogP contribution in [0.5, 0.6) is 0 Å². The second-order valence-electron chi connectivity index (χ2n) is 5.94. The summed E-state index contributed by atoms with van der Waals surface area (Å²) in [7, 11) is 0. The molecular weight excluding hydrogens is 326 g/mol. The van der Waals surface area contributed by atoms with Crippen molar-refractivity contribution >= 4 is 29.7 Å². The highest BCUT2D eigenvalue weighted by atomic mass is 35.5. The highest BCUT2D eigenvalue weighted by Crippen LogP contribution is 2.36. The molecule has 0 spiro atoms. The number of cyclic esters (lactones) is 1. The average molecular weight is 342 g/mol. The number of rotatable bonds is 2. The Labute approximate surface area is 145 Å². The van der Waals surface area contributed by atoms with E-state index in [1.807, 2.05) is 24.3 Å². The maximum Gasteiger partial charge on any atom is 0.422 e. The highest BCUT2D eigenvalue weighted by Gasteiger charge is 2.46. The fourth-order valence-corrected chi connectivity index (χ4v) is 2.75. The molecule has 1 aliphatic rings. The molecular formula is C19H16ClNO3. The van der Waals surface area contributed by atoms with E-state index in [1.54, 1.807) is 50.3 Å². The lowest BCUT2D eigenvalue weighted by molar-refractivity contribution is 0.0792. The summed E-state index contributed by atoms with van der Waals surface area (Å²) in [6.07, 6.45) is 1.03. The molecule has 0 saturated carbocycles. The van der Waals surface area contributed by atoms with Gasteiger partial charge in [0.05, 0.1) is 5.70 Å². The molecule has 0 N–H and O–H groups in total. The van der Waals surface area contributed by atoms with E-state index in [0.717, 1.165) is 4.90 Å². The zero-order chi connectivity index (χ0) is 17.3. The zero-order valence-electron chi connectivity index (χ0n) is 13.3. The van der Waals surface area contributed by atoms with Crippen molar-refractivity contribution in [1.82, 2.24) is 4.90 Å². The Morgan fingerprint density at radius 3 is 2.38 bits per heavy atom. The SMILES string of the molecule is CC1(C)OC(=O)N(C(=O)c2ccccc2)/C1=C\c1ccccc1Cl. The molecule has 0 radical (unpaired) electrons. The van der Waals surface area contributed by atoms with Gasteiger partial charge in [0.1, 0.15) is 5.60 Å². The predicted molar refractivity (Wildman–Crippen MR) is 92.6 cm³/mol. The van der Waals surface area contributed by atoms with E-state index in [4.69, 9.17) is 16.3 Å². The first-order valence-electron chi connectivity index (χ1n) is 7.49. The highest BCUT2D eigenvalue weighted by molar-refractivity contribution is 6.32. The summed E-state index contributed by atoms with van der Waals surface area (Å²) in [6, 6.07) is 15.9. The summed E-state index contributed by atoms with van der Waals surface area (Å²) < 4.78 is 5.38. The van der Waals surface area contributed by atoms with Gasteiger partial charge in [0.25, 0.3) is 5.91 Å². The molecule has 1 fully saturated rings. The summed E-state index contributed by atoms with van der Waals surface area (Å²) >= 11 is 6.20. The maximum atomic E-state index is 12.8. The third kappa shape index (κ3) is 2.93. The van der Waals surface area contributed by atoms with Gasteiger partial charge in [0.2, 0.25) is 0 Å². The third-order valence-electron chi connectivity index (χ3n) is 3.80. The van der Waals surface area contributed by atoms with Crippen LogP contribution in [-0.2, 0) is 4.74 Å². The van der Waals surface area contributed by atoms with E-state index in [2.05, 4.69) is 0 Å². The molecule has 0 bridgehead atoms. The first-order valence-corrected chi connectivity index (χ1v) is 7.87. The first-order chi connectivity index (χ1) is 11.4. The molecule has 2 aromatic rings. The Hall–Kier alpha value is -2.59. The van der Waals surface area contributed by atoms with Crippen LogP contribution in [0.2, 0.25) is 5.02 Å². The molecule has 1 saturated heterocycles. The molecule has 2 aromatic carbocycles. The zero-order valence-corrected chi connectivity index (χ0v) is 14.1. The number of carbonyl (C=O) groups excluding carboxylic acids is 2. The number of ether oxygens (including phenoxy) is 1. The van der Waals surface area contributed by atoms with Gasteiger partial charge >= 0.3 is 6.09 Å². The van der Waals surface area contributed by atoms with Gasteiger partial charge in [-0.25, -0.2) is 9.69 Å². The lowest BCUT2D eigenvalue weighted by Gasteiger charge is -2.20. The van der Waals surface area contributed by atoms with Crippen LogP contribution in [0.1, 0.15) is 29.8 Å². The van der Waals surface area contributed by atoms with Crippen LogP contribution in [0.3, 0.4) is 0 Å². The van der Waals surface area contributed by atoms with Crippen molar-refractivity contribution in [2.75, 3.05) is 0 Å². The molecule has 1 aliphatic heterocycles. The molecule has 0 aliphatic carbocycles. The van der Waals surface area contributed by atoms with Crippen LogP contribution in [0, 0.1) is 0 Å². The quantitative estimate of drug-likeness (QED) is 0.791.